The molecular formula is C31H34N5O4S+. The molecule has 41 heavy (non-hydrogen) atoms. The summed E-state index contributed by atoms with van der Waals surface area (Å²) in [6.07, 6.45) is 1.03. The van der Waals surface area contributed by atoms with Crippen LogP contribution < -0.4 is 9.88 Å². The zero-order valence-corrected chi connectivity index (χ0v) is 24.1. The Balaban J connectivity index is 0.000000259. The smallest absolute Gasteiger partial charge is 0.307 e. The Morgan fingerprint density at radius 1 is 1.00 bits per heavy atom. The predicted molar refractivity (Wildman–Crippen MR) is 160 cm³/mol. The number of para-hydroxylation sites is 3. The molecule has 0 saturated carbocycles. The van der Waals surface area contributed by atoms with Crippen molar-refractivity contribution in [2.24, 2.45) is 7.05 Å². The molecule has 3 heterocycles. The highest BCUT2D eigenvalue weighted by atomic mass is 32.2. The molecule has 0 unspecified atom stereocenters. The largest absolute Gasteiger partial charge is 0.383 e. The number of hydrogen-bond acceptors (Lipinski definition) is 6. The highest BCUT2D eigenvalue weighted by molar-refractivity contribution is 7.85. The third kappa shape index (κ3) is 6.04. The van der Waals surface area contributed by atoms with Crippen molar-refractivity contribution < 1.29 is 22.3 Å². The number of imidazole rings is 1. The van der Waals surface area contributed by atoms with Gasteiger partial charge in [-0.05, 0) is 56.3 Å². The number of benzene rings is 3. The lowest BCUT2D eigenvalue weighted by molar-refractivity contribution is -0.618. The van der Waals surface area contributed by atoms with Gasteiger partial charge in [-0.1, -0.05) is 42.0 Å². The normalized spacial score (nSPS) is 14.1. The van der Waals surface area contributed by atoms with Gasteiger partial charge in [-0.15, -0.1) is 0 Å². The second-order valence-electron chi connectivity index (χ2n) is 10.1. The molecule has 0 spiro atoms. The van der Waals surface area contributed by atoms with Gasteiger partial charge in [0.25, 0.3) is 10.1 Å². The van der Waals surface area contributed by atoms with Crippen LogP contribution in [0.4, 0.5) is 5.69 Å². The second-order valence-corrected chi connectivity index (χ2v) is 11.5. The Morgan fingerprint density at radius 2 is 1.66 bits per heavy atom. The van der Waals surface area contributed by atoms with E-state index in [1.165, 1.54) is 12.1 Å². The van der Waals surface area contributed by atoms with E-state index in [2.05, 4.69) is 55.6 Å². The predicted octanol–water partition coefficient (Wildman–Crippen LogP) is 4.32. The zero-order chi connectivity index (χ0) is 29.0. The maximum Gasteiger partial charge on any atom is 0.307 e. The molecule has 6 rings (SSSR count). The van der Waals surface area contributed by atoms with Gasteiger partial charge in [-0.2, -0.15) is 18.1 Å². The fourth-order valence-electron chi connectivity index (χ4n) is 5.31. The van der Waals surface area contributed by atoms with E-state index < -0.39 is 10.1 Å². The van der Waals surface area contributed by atoms with Crippen molar-refractivity contribution in [2.75, 3.05) is 44.7 Å². The fraction of sp³-hybridized carbons (Fsp3) is 0.290. The van der Waals surface area contributed by atoms with Gasteiger partial charge in [0.2, 0.25) is 0 Å². The highest BCUT2D eigenvalue weighted by Crippen LogP contribution is 2.32. The molecule has 2 N–H and O–H groups in total. The minimum absolute atomic E-state index is 0.0666. The number of pyridine rings is 1. The van der Waals surface area contributed by atoms with Gasteiger partial charge in [0.15, 0.2) is 16.6 Å². The first-order valence-corrected chi connectivity index (χ1v) is 15.1. The molecule has 1 fully saturated rings. The van der Waals surface area contributed by atoms with Crippen molar-refractivity contribution in [1.82, 2.24) is 9.30 Å². The molecule has 1 aliphatic rings. The fourth-order valence-corrected chi connectivity index (χ4v) is 5.79. The van der Waals surface area contributed by atoms with Crippen molar-refractivity contribution in [2.45, 2.75) is 18.2 Å². The lowest BCUT2D eigenvalue weighted by atomic mass is 10.1. The standard InChI is InChI=1S/C24H25N5O.C7H8O3S/c1-27-21-9-4-5-10-22(21)29-20-8-3-2-7-18(20)23(19(17-25)24(27)29)26-11-6-12-28-13-15-30-16-14-28;1-6-2-4-7(5-3-6)11(8,9)10/h2-5,7-10H,6,11-16H2,1H3;2-5H,1H3,(H,8,9,10)/p+1. The number of aryl methyl sites for hydroxylation is 2. The second kappa shape index (κ2) is 12.2. The SMILES string of the molecule is C[n+]1c2ccccc2n2c3ccccc3c(NCCCN3CCOCC3)c(C#N)c21.Cc1ccc(S(=O)(=O)O)cc1. The molecule has 5 aromatic rings. The molecular weight excluding hydrogens is 538 g/mol. The molecule has 9 nitrogen and oxygen atoms in total. The molecule has 0 atom stereocenters. The van der Waals surface area contributed by atoms with Crippen LogP contribution in [-0.2, 0) is 21.9 Å². The van der Waals surface area contributed by atoms with E-state index in [1.54, 1.807) is 12.1 Å². The number of morpholine rings is 1. The van der Waals surface area contributed by atoms with Crippen LogP contribution in [0.25, 0.3) is 27.6 Å². The maximum atomic E-state index is 10.5. The number of ether oxygens (including phenoxy) is 1. The zero-order valence-electron chi connectivity index (χ0n) is 23.2. The van der Waals surface area contributed by atoms with Crippen LogP contribution in [0.2, 0.25) is 0 Å². The van der Waals surface area contributed by atoms with E-state index in [9.17, 15) is 13.7 Å². The number of rotatable bonds is 6. The summed E-state index contributed by atoms with van der Waals surface area (Å²) in [6, 6.07) is 25.1. The quantitative estimate of drug-likeness (QED) is 0.177. The molecule has 10 heteroatoms. The lowest BCUT2D eigenvalue weighted by Crippen LogP contribution is -2.37. The van der Waals surface area contributed by atoms with E-state index in [1.807, 2.05) is 32.2 Å². The first-order valence-electron chi connectivity index (χ1n) is 13.6. The molecule has 0 radical (unpaired) electrons. The van der Waals surface area contributed by atoms with Crippen LogP contribution in [-0.4, -0.2) is 61.7 Å². The van der Waals surface area contributed by atoms with E-state index in [0.29, 0.717) is 5.56 Å². The van der Waals surface area contributed by atoms with Crippen LogP contribution in [0.1, 0.15) is 17.5 Å². The van der Waals surface area contributed by atoms with E-state index in [4.69, 9.17) is 9.29 Å². The molecule has 1 saturated heterocycles. The monoisotopic (exact) mass is 572 g/mol. The van der Waals surface area contributed by atoms with Crippen LogP contribution in [0, 0.1) is 18.3 Å². The van der Waals surface area contributed by atoms with Crippen molar-refractivity contribution in [3.63, 3.8) is 0 Å². The average Bonchev–Trinajstić information content (AvgIpc) is 3.28. The van der Waals surface area contributed by atoms with Gasteiger partial charge in [0.05, 0.1) is 30.8 Å². The summed E-state index contributed by atoms with van der Waals surface area (Å²) in [7, 11) is -1.98. The Labute approximate surface area is 239 Å². The third-order valence-electron chi connectivity index (χ3n) is 7.39. The van der Waals surface area contributed by atoms with Crippen molar-refractivity contribution in [3.8, 4) is 6.07 Å². The van der Waals surface area contributed by atoms with Gasteiger partial charge in [0, 0.05) is 25.0 Å². The van der Waals surface area contributed by atoms with Crippen molar-refractivity contribution in [1.29, 1.82) is 5.26 Å². The summed E-state index contributed by atoms with van der Waals surface area (Å²) >= 11 is 0. The Hall–Kier alpha value is -4.01. The van der Waals surface area contributed by atoms with Crippen LogP contribution in [0.3, 0.4) is 0 Å². The summed E-state index contributed by atoms with van der Waals surface area (Å²) in [5.74, 6) is 0. The Bertz CT molecular complexity index is 1840. The van der Waals surface area contributed by atoms with Gasteiger partial charge in [-0.25, -0.2) is 4.57 Å². The number of aromatic nitrogens is 2. The van der Waals surface area contributed by atoms with Crippen molar-refractivity contribution in [3.05, 3.63) is 83.9 Å². The van der Waals surface area contributed by atoms with Gasteiger partial charge in [0.1, 0.15) is 11.6 Å². The Kier molecular flexibility index (Phi) is 8.52. The summed E-state index contributed by atoms with van der Waals surface area (Å²) in [5, 5.41) is 14.8. The summed E-state index contributed by atoms with van der Waals surface area (Å²) in [4.78, 5) is 2.38. The molecule has 2 aromatic heterocycles. The van der Waals surface area contributed by atoms with Crippen LogP contribution >= 0.6 is 0 Å². The van der Waals surface area contributed by atoms with E-state index >= 15 is 0 Å². The van der Waals surface area contributed by atoms with Crippen LogP contribution in [0.5, 0.6) is 0 Å². The number of nitrogens with zero attached hydrogens (tertiary/aromatic N) is 4. The summed E-state index contributed by atoms with van der Waals surface area (Å²) < 4.78 is 39.3. The lowest BCUT2D eigenvalue weighted by Gasteiger charge is -2.26. The maximum absolute atomic E-state index is 10.5. The number of nitriles is 1. The molecule has 212 valence electrons. The Morgan fingerprint density at radius 3 is 2.34 bits per heavy atom. The minimum Gasteiger partial charge on any atom is -0.383 e. The van der Waals surface area contributed by atoms with Gasteiger partial charge < -0.3 is 10.1 Å². The summed E-state index contributed by atoms with van der Waals surface area (Å²) in [5.41, 5.74) is 6.84. The van der Waals surface area contributed by atoms with E-state index in [0.717, 1.165) is 84.6 Å². The molecule has 1 aliphatic heterocycles. The van der Waals surface area contributed by atoms with Crippen molar-refractivity contribution >= 4 is 43.4 Å². The molecule has 0 amide bonds. The molecule has 3 aromatic carbocycles. The van der Waals surface area contributed by atoms with Gasteiger partial charge in [-0.3, -0.25) is 9.45 Å². The first kappa shape index (κ1) is 28.5. The molecule has 0 aliphatic carbocycles. The number of fused-ring (bicyclic) bond motifs is 5. The third-order valence-corrected chi connectivity index (χ3v) is 8.26. The van der Waals surface area contributed by atoms with Crippen LogP contribution in [0.15, 0.2) is 77.7 Å². The van der Waals surface area contributed by atoms with Gasteiger partial charge >= 0.3 is 5.65 Å². The number of anilines is 1. The first-order chi connectivity index (χ1) is 19.8. The minimum atomic E-state index is -4.02. The number of hydrogen-bond donors (Lipinski definition) is 2. The van der Waals surface area contributed by atoms with E-state index in [-0.39, 0.29) is 4.90 Å². The number of nitrogens with one attached hydrogen (secondary N) is 1. The summed E-state index contributed by atoms with van der Waals surface area (Å²) in [6.45, 7) is 7.37. The molecule has 0 bridgehead atoms. The average molecular weight is 573 g/mol. The topological polar surface area (TPSA) is 111 Å². The highest BCUT2D eigenvalue weighted by Gasteiger charge is 2.26.